The monoisotopic (exact) mass is 314 g/mol. The summed E-state index contributed by atoms with van der Waals surface area (Å²) in [5.74, 6) is 0.246. The molecule has 0 radical (unpaired) electrons. The zero-order valence-electron chi connectivity index (χ0n) is 13.9. The van der Waals surface area contributed by atoms with E-state index in [1.807, 2.05) is 32.9 Å². The fourth-order valence-electron chi connectivity index (χ4n) is 2.34. The molecule has 0 saturated carbocycles. The zero-order chi connectivity index (χ0) is 17.0. The number of hydrogen-bond donors (Lipinski definition) is 1. The van der Waals surface area contributed by atoms with Gasteiger partial charge in [0.2, 0.25) is 6.10 Å². The highest BCUT2D eigenvalue weighted by Gasteiger charge is 2.26. The first-order valence-electron chi connectivity index (χ1n) is 7.46. The average molecular weight is 314 g/mol. The number of ether oxygens (including phenoxy) is 2. The lowest BCUT2D eigenvalue weighted by Gasteiger charge is -2.25. The molecule has 2 aromatic carbocycles. The Hall–Kier alpha value is -2.49. The molecule has 2 aromatic rings. The largest absolute Gasteiger partial charge is 0.497 e. The highest BCUT2D eigenvalue weighted by atomic mass is 16.5. The molecular weight excluding hydrogens is 292 g/mol. The van der Waals surface area contributed by atoms with E-state index in [1.165, 1.54) is 0 Å². The van der Waals surface area contributed by atoms with Crippen molar-refractivity contribution >= 4 is 5.97 Å². The third-order valence-corrected chi connectivity index (χ3v) is 3.57. The van der Waals surface area contributed by atoms with Gasteiger partial charge < -0.3 is 14.6 Å². The van der Waals surface area contributed by atoms with Crippen LogP contribution in [-0.2, 0) is 10.2 Å². The minimum absolute atomic E-state index is 0.205. The van der Waals surface area contributed by atoms with Crippen molar-refractivity contribution in [2.45, 2.75) is 32.3 Å². The lowest BCUT2D eigenvalue weighted by molar-refractivity contribution is -0.145. The van der Waals surface area contributed by atoms with E-state index >= 15 is 0 Å². The van der Waals surface area contributed by atoms with Crippen molar-refractivity contribution in [1.29, 1.82) is 0 Å². The van der Waals surface area contributed by atoms with Crippen molar-refractivity contribution in [3.05, 3.63) is 59.7 Å². The SMILES string of the molecule is COc1ccc(OC(C(=O)O)c2ccccc2)c(C(C)(C)C)c1. The van der Waals surface area contributed by atoms with E-state index in [0.717, 1.165) is 5.56 Å². The lowest BCUT2D eigenvalue weighted by atomic mass is 9.86. The van der Waals surface area contributed by atoms with Crippen LogP contribution in [0.15, 0.2) is 48.5 Å². The Morgan fingerprint density at radius 3 is 2.26 bits per heavy atom. The maximum Gasteiger partial charge on any atom is 0.349 e. The molecule has 1 unspecified atom stereocenters. The quantitative estimate of drug-likeness (QED) is 0.898. The summed E-state index contributed by atoms with van der Waals surface area (Å²) in [5.41, 5.74) is 1.30. The van der Waals surface area contributed by atoms with Gasteiger partial charge in [0, 0.05) is 11.1 Å². The van der Waals surface area contributed by atoms with Gasteiger partial charge in [-0.05, 0) is 23.6 Å². The van der Waals surface area contributed by atoms with E-state index < -0.39 is 12.1 Å². The van der Waals surface area contributed by atoms with Crippen LogP contribution in [0.25, 0.3) is 0 Å². The lowest BCUT2D eigenvalue weighted by Crippen LogP contribution is -2.21. The van der Waals surface area contributed by atoms with Gasteiger partial charge in [-0.2, -0.15) is 0 Å². The van der Waals surface area contributed by atoms with E-state index in [9.17, 15) is 9.90 Å². The van der Waals surface area contributed by atoms with Crippen molar-refractivity contribution in [3.8, 4) is 11.5 Å². The molecule has 0 spiro atoms. The third-order valence-electron chi connectivity index (χ3n) is 3.57. The van der Waals surface area contributed by atoms with Gasteiger partial charge in [-0.25, -0.2) is 4.79 Å². The van der Waals surface area contributed by atoms with Crippen molar-refractivity contribution in [2.75, 3.05) is 7.11 Å². The summed E-state index contributed by atoms with van der Waals surface area (Å²) >= 11 is 0. The summed E-state index contributed by atoms with van der Waals surface area (Å²) in [7, 11) is 1.60. The molecule has 122 valence electrons. The predicted molar refractivity (Wildman–Crippen MR) is 89.1 cm³/mol. The van der Waals surface area contributed by atoms with Crippen LogP contribution < -0.4 is 9.47 Å². The molecule has 4 heteroatoms. The van der Waals surface area contributed by atoms with Crippen LogP contribution in [0.4, 0.5) is 0 Å². The van der Waals surface area contributed by atoms with Crippen LogP contribution in [0.1, 0.15) is 38.0 Å². The number of benzene rings is 2. The highest BCUT2D eigenvalue weighted by molar-refractivity contribution is 5.75. The van der Waals surface area contributed by atoms with Crippen LogP contribution in [0.5, 0.6) is 11.5 Å². The maximum absolute atomic E-state index is 11.6. The van der Waals surface area contributed by atoms with Crippen molar-refractivity contribution in [1.82, 2.24) is 0 Å². The van der Waals surface area contributed by atoms with Gasteiger partial charge in [0.05, 0.1) is 7.11 Å². The molecule has 0 heterocycles. The molecule has 0 bridgehead atoms. The minimum atomic E-state index is -1.05. The zero-order valence-corrected chi connectivity index (χ0v) is 13.9. The van der Waals surface area contributed by atoms with Crippen molar-refractivity contribution in [3.63, 3.8) is 0 Å². The summed E-state index contributed by atoms with van der Waals surface area (Å²) in [6, 6.07) is 14.4. The van der Waals surface area contributed by atoms with Gasteiger partial charge in [0.15, 0.2) is 0 Å². The van der Waals surface area contributed by atoms with Gasteiger partial charge in [-0.3, -0.25) is 0 Å². The molecule has 0 saturated heterocycles. The highest BCUT2D eigenvalue weighted by Crippen LogP contribution is 2.36. The number of aliphatic carboxylic acids is 1. The second-order valence-electron chi connectivity index (χ2n) is 6.36. The number of methoxy groups -OCH3 is 1. The van der Waals surface area contributed by atoms with E-state index in [4.69, 9.17) is 9.47 Å². The molecule has 0 amide bonds. The van der Waals surface area contributed by atoms with Crippen molar-refractivity contribution < 1.29 is 19.4 Å². The van der Waals surface area contributed by atoms with Gasteiger partial charge in [-0.1, -0.05) is 51.1 Å². The number of hydrogen-bond acceptors (Lipinski definition) is 3. The van der Waals surface area contributed by atoms with Crippen LogP contribution in [0, 0.1) is 0 Å². The summed E-state index contributed by atoms with van der Waals surface area (Å²) in [4.78, 5) is 11.6. The second-order valence-corrected chi connectivity index (χ2v) is 6.36. The van der Waals surface area contributed by atoms with E-state index in [-0.39, 0.29) is 5.41 Å². The Morgan fingerprint density at radius 1 is 1.09 bits per heavy atom. The fraction of sp³-hybridized carbons (Fsp3) is 0.316. The Kier molecular flexibility index (Phi) is 4.94. The number of rotatable bonds is 5. The molecule has 1 atom stereocenters. The van der Waals surface area contributed by atoms with Crippen LogP contribution >= 0.6 is 0 Å². The second kappa shape index (κ2) is 6.73. The summed E-state index contributed by atoms with van der Waals surface area (Å²) < 4.78 is 11.1. The Balaban J connectivity index is 2.43. The molecule has 0 aromatic heterocycles. The van der Waals surface area contributed by atoms with Crippen LogP contribution in [-0.4, -0.2) is 18.2 Å². The average Bonchev–Trinajstić information content (AvgIpc) is 2.52. The summed E-state index contributed by atoms with van der Waals surface area (Å²) in [6.07, 6.45) is -1.05. The van der Waals surface area contributed by atoms with Crippen LogP contribution in [0.3, 0.4) is 0 Å². The van der Waals surface area contributed by atoms with E-state index in [0.29, 0.717) is 17.1 Å². The maximum atomic E-state index is 11.6. The number of carboxylic acids is 1. The Labute approximate surface area is 136 Å². The summed E-state index contributed by atoms with van der Waals surface area (Å²) in [6.45, 7) is 6.15. The van der Waals surface area contributed by atoms with Crippen LogP contribution in [0.2, 0.25) is 0 Å². The molecule has 23 heavy (non-hydrogen) atoms. The molecule has 0 aliphatic heterocycles. The first kappa shape index (κ1) is 16.9. The first-order valence-corrected chi connectivity index (χ1v) is 7.46. The third kappa shape index (κ3) is 4.03. The van der Waals surface area contributed by atoms with E-state index in [2.05, 4.69) is 0 Å². The van der Waals surface area contributed by atoms with Gasteiger partial charge in [0.1, 0.15) is 11.5 Å². The smallest absolute Gasteiger partial charge is 0.349 e. The molecule has 1 N–H and O–H groups in total. The molecule has 0 aliphatic rings. The fourth-order valence-corrected chi connectivity index (χ4v) is 2.34. The Morgan fingerprint density at radius 2 is 1.74 bits per heavy atom. The molecule has 0 aliphatic carbocycles. The molecular formula is C19H22O4. The van der Waals surface area contributed by atoms with E-state index in [1.54, 1.807) is 43.5 Å². The van der Waals surface area contributed by atoms with Crippen molar-refractivity contribution in [2.24, 2.45) is 0 Å². The molecule has 4 nitrogen and oxygen atoms in total. The minimum Gasteiger partial charge on any atom is -0.497 e. The Bertz CT molecular complexity index is 672. The van der Waals surface area contributed by atoms with Gasteiger partial charge in [0.25, 0.3) is 0 Å². The normalized spacial score (nSPS) is 12.5. The standard InChI is InChI=1S/C19H22O4/c1-19(2,3)15-12-14(22-4)10-11-16(15)23-17(18(20)21)13-8-6-5-7-9-13/h5-12,17H,1-4H3,(H,20,21). The predicted octanol–water partition coefficient (Wildman–Crippen LogP) is 4.20. The number of carboxylic acid groups (broad SMARTS) is 1. The van der Waals surface area contributed by atoms with Gasteiger partial charge >= 0.3 is 5.97 Å². The molecule has 0 fully saturated rings. The number of carbonyl (C=O) groups is 1. The first-order chi connectivity index (χ1) is 10.8. The molecule has 2 rings (SSSR count). The topological polar surface area (TPSA) is 55.8 Å². The van der Waals surface area contributed by atoms with Gasteiger partial charge in [-0.15, -0.1) is 0 Å². The summed E-state index contributed by atoms with van der Waals surface area (Å²) in [5, 5.41) is 9.53.